The zero-order valence-corrected chi connectivity index (χ0v) is 21.3. The van der Waals surface area contributed by atoms with Gasteiger partial charge in [-0.15, -0.1) is 0 Å². The maximum Gasteiger partial charge on any atom is 0.435 e. The number of aromatic nitrogens is 2. The van der Waals surface area contributed by atoms with E-state index >= 15 is 0 Å². The fourth-order valence-corrected chi connectivity index (χ4v) is 5.75. The van der Waals surface area contributed by atoms with Crippen molar-refractivity contribution in [2.75, 3.05) is 19.6 Å². The van der Waals surface area contributed by atoms with Crippen molar-refractivity contribution in [3.8, 4) is 0 Å². The molecule has 7 nitrogen and oxygen atoms in total. The number of fused-ring (bicyclic) bond motifs is 1. The monoisotopic (exact) mass is 527 g/mol. The molecular formula is C28H32F3N5O2. The number of hydrogen-bond donors (Lipinski definition) is 3. The number of carbonyl (C=O) groups is 2. The topological polar surface area (TPSA) is 88.0 Å². The summed E-state index contributed by atoms with van der Waals surface area (Å²) in [6.07, 6.45) is 1.65. The van der Waals surface area contributed by atoms with Crippen molar-refractivity contribution < 1.29 is 22.8 Å². The van der Waals surface area contributed by atoms with E-state index in [4.69, 9.17) is 0 Å². The van der Waals surface area contributed by atoms with Gasteiger partial charge in [0, 0.05) is 12.2 Å². The van der Waals surface area contributed by atoms with Gasteiger partial charge in [-0.1, -0.05) is 30.3 Å². The summed E-state index contributed by atoms with van der Waals surface area (Å²) in [4.78, 5) is 27.4. The fraction of sp³-hybridized carbons (Fsp3) is 0.464. The summed E-state index contributed by atoms with van der Waals surface area (Å²) >= 11 is 0. The summed E-state index contributed by atoms with van der Waals surface area (Å²) in [5.41, 5.74) is 2.72. The van der Waals surface area contributed by atoms with Gasteiger partial charge in [-0.05, 0) is 80.8 Å². The molecule has 3 aliphatic rings. The van der Waals surface area contributed by atoms with E-state index in [-0.39, 0.29) is 41.4 Å². The molecule has 1 amide bonds. The molecule has 0 spiro atoms. The van der Waals surface area contributed by atoms with E-state index in [1.165, 1.54) is 12.5 Å². The minimum atomic E-state index is -4.60. The van der Waals surface area contributed by atoms with Crippen LogP contribution in [0.1, 0.15) is 54.2 Å². The Morgan fingerprint density at radius 1 is 1.16 bits per heavy atom. The van der Waals surface area contributed by atoms with Crippen LogP contribution in [0.5, 0.6) is 0 Å². The van der Waals surface area contributed by atoms with E-state index in [1.807, 2.05) is 24.3 Å². The fourth-order valence-electron chi connectivity index (χ4n) is 5.75. The number of Topliss-reactive ketones (excluding diaryl/α,β-unsaturated/α-hetero) is 1. The van der Waals surface area contributed by atoms with Crippen molar-refractivity contribution >= 4 is 11.7 Å². The highest BCUT2D eigenvalue weighted by Gasteiger charge is 2.36. The predicted octanol–water partition coefficient (Wildman–Crippen LogP) is 3.76. The summed E-state index contributed by atoms with van der Waals surface area (Å²) in [5, 5.41) is 13.2. The molecule has 1 saturated heterocycles. The van der Waals surface area contributed by atoms with Crippen molar-refractivity contribution in [1.82, 2.24) is 25.7 Å². The Morgan fingerprint density at radius 2 is 1.92 bits per heavy atom. The summed E-state index contributed by atoms with van der Waals surface area (Å²) in [5.74, 6) is -0.723. The number of ketones is 1. The lowest BCUT2D eigenvalue weighted by Crippen LogP contribution is -2.41. The Balaban J connectivity index is 1.47. The normalized spacial score (nSPS) is 20.4. The van der Waals surface area contributed by atoms with Gasteiger partial charge in [0.1, 0.15) is 12.2 Å². The minimum Gasteiger partial charge on any atom is -0.377 e. The smallest absolute Gasteiger partial charge is 0.377 e. The first kappa shape index (κ1) is 26.2. The number of alkyl halides is 3. The second-order valence-corrected chi connectivity index (χ2v) is 10.2. The number of benzene rings is 1. The zero-order valence-electron chi connectivity index (χ0n) is 21.3. The number of carbonyl (C=O) groups excluding carboxylic acids is 2. The lowest BCUT2D eigenvalue weighted by Gasteiger charge is -2.32. The van der Waals surface area contributed by atoms with Crippen molar-refractivity contribution in [2.45, 2.75) is 57.8 Å². The maximum atomic E-state index is 13.8. The standard InChI is InChI=1S/C28H32F3N5O2/c1-17-15-24(28(29,30)31)35-36(17)16-23(37)25-21(19-9-12-32-13-10-19)11-14-33-26(25)27(38)34-22-8-4-6-18-5-2-3-7-20(18)22/h2-3,5,7,11,15,19,22,32-33H,4,6,8-10,12-14,16H2,1H3,(H,34,38)/t22-/m1/s1. The summed E-state index contributed by atoms with van der Waals surface area (Å²) in [6, 6.07) is 8.79. The van der Waals surface area contributed by atoms with Gasteiger partial charge >= 0.3 is 6.18 Å². The Labute approximate surface area is 219 Å². The minimum absolute atomic E-state index is 0.0833. The largest absolute Gasteiger partial charge is 0.435 e. The van der Waals surface area contributed by atoms with E-state index in [1.54, 1.807) is 0 Å². The molecule has 1 aliphatic carbocycles. The summed E-state index contributed by atoms with van der Waals surface area (Å²) < 4.78 is 40.7. The Morgan fingerprint density at radius 3 is 2.66 bits per heavy atom. The maximum absolute atomic E-state index is 13.8. The third-order valence-corrected chi connectivity index (χ3v) is 7.66. The van der Waals surface area contributed by atoms with Crippen molar-refractivity contribution in [3.05, 3.63) is 75.8 Å². The molecular weight excluding hydrogens is 495 g/mol. The Hall–Kier alpha value is -3.40. The van der Waals surface area contributed by atoms with Crippen LogP contribution in [-0.4, -0.2) is 41.1 Å². The quantitative estimate of drug-likeness (QED) is 0.533. The van der Waals surface area contributed by atoms with Crippen LogP contribution < -0.4 is 16.0 Å². The van der Waals surface area contributed by atoms with Gasteiger partial charge in [-0.2, -0.15) is 18.3 Å². The van der Waals surface area contributed by atoms with Gasteiger partial charge in [0.05, 0.1) is 11.6 Å². The molecule has 0 bridgehead atoms. The van der Waals surface area contributed by atoms with E-state index in [0.29, 0.717) is 6.54 Å². The first-order chi connectivity index (χ1) is 18.2. The molecule has 2 aliphatic heterocycles. The first-order valence-electron chi connectivity index (χ1n) is 13.1. The molecule has 2 aromatic rings. The van der Waals surface area contributed by atoms with Crippen LogP contribution in [0.3, 0.4) is 0 Å². The number of rotatable bonds is 6. The highest BCUT2D eigenvalue weighted by Crippen LogP contribution is 2.34. The van der Waals surface area contributed by atoms with Crippen molar-refractivity contribution in [1.29, 1.82) is 0 Å². The molecule has 3 heterocycles. The molecule has 3 N–H and O–H groups in total. The molecule has 0 saturated carbocycles. The molecule has 0 radical (unpaired) electrons. The van der Waals surface area contributed by atoms with Crippen LogP contribution in [0.15, 0.2) is 53.3 Å². The zero-order chi connectivity index (χ0) is 26.9. The number of aryl methyl sites for hydroxylation is 2. The average molecular weight is 528 g/mol. The molecule has 5 rings (SSSR count). The molecule has 10 heteroatoms. The summed E-state index contributed by atoms with van der Waals surface area (Å²) in [6.45, 7) is 3.10. The van der Waals surface area contributed by atoms with E-state index in [2.05, 4.69) is 27.1 Å². The van der Waals surface area contributed by atoms with Crippen LogP contribution in [0.25, 0.3) is 0 Å². The van der Waals surface area contributed by atoms with Crippen LogP contribution in [0.2, 0.25) is 0 Å². The van der Waals surface area contributed by atoms with Crippen LogP contribution in [0, 0.1) is 12.8 Å². The van der Waals surface area contributed by atoms with Crippen molar-refractivity contribution in [2.24, 2.45) is 5.92 Å². The second kappa shape index (κ2) is 10.8. The first-order valence-corrected chi connectivity index (χ1v) is 13.1. The van der Waals surface area contributed by atoms with Crippen LogP contribution >= 0.6 is 0 Å². The van der Waals surface area contributed by atoms with Crippen LogP contribution in [-0.2, 0) is 28.7 Å². The molecule has 1 atom stereocenters. The predicted molar refractivity (Wildman–Crippen MR) is 136 cm³/mol. The number of amides is 1. The number of nitrogens with zero attached hydrogens (tertiary/aromatic N) is 2. The lowest BCUT2D eigenvalue weighted by atomic mass is 9.81. The average Bonchev–Trinajstić information content (AvgIpc) is 3.29. The van der Waals surface area contributed by atoms with E-state index in [0.717, 1.165) is 67.1 Å². The van der Waals surface area contributed by atoms with Gasteiger partial charge in [-0.25, -0.2) is 0 Å². The van der Waals surface area contributed by atoms with E-state index < -0.39 is 17.7 Å². The molecule has 1 aromatic heterocycles. The molecule has 0 unspecified atom stereocenters. The Bertz CT molecular complexity index is 1290. The second-order valence-electron chi connectivity index (χ2n) is 10.2. The molecule has 38 heavy (non-hydrogen) atoms. The van der Waals surface area contributed by atoms with Crippen molar-refractivity contribution in [3.63, 3.8) is 0 Å². The third kappa shape index (κ3) is 5.41. The van der Waals surface area contributed by atoms with Gasteiger partial charge in [-0.3, -0.25) is 14.3 Å². The van der Waals surface area contributed by atoms with Crippen LogP contribution in [0.4, 0.5) is 13.2 Å². The highest BCUT2D eigenvalue weighted by atomic mass is 19.4. The third-order valence-electron chi connectivity index (χ3n) is 7.66. The molecule has 1 fully saturated rings. The number of halogens is 3. The number of hydrogen-bond acceptors (Lipinski definition) is 5. The lowest BCUT2D eigenvalue weighted by molar-refractivity contribution is -0.141. The van der Waals surface area contributed by atoms with Gasteiger partial charge < -0.3 is 16.0 Å². The number of allylic oxidation sites excluding steroid dienone is 2. The highest BCUT2D eigenvalue weighted by molar-refractivity contribution is 6.08. The molecule has 202 valence electrons. The molecule has 1 aromatic carbocycles. The number of nitrogens with one attached hydrogen (secondary N) is 3. The van der Waals surface area contributed by atoms with Gasteiger partial charge in [0.15, 0.2) is 11.5 Å². The van der Waals surface area contributed by atoms with Gasteiger partial charge in [0.2, 0.25) is 0 Å². The van der Waals surface area contributed by atoms with Gasteiger partial charge in [0.25, 0.3) is 5.91 Å². The Kier molecular flexibility index (Phi) is 7.43. The van der Waals surface area contributed by atoms with E-state index in [9.17, 15) is 22.8 Å². The number of dihydropyridines is 1. The summed E-state index contributed by atoms with van der Waals surface area (Å²) in [7, 11) is 0. The SMILES string of the molecule is Cc1cc(C(F)(F)F)nn1CC(=O)C1=C(C(=O)N[C@@H]2CCCc3ccccc32)NCC=C1C1CCNCC1. The number of piperidine rings is 1.